The summed E-state index contributed by atoms with van der Waals surface area (Å²) in [6.45, 7) is 19.1. The van der Waals surface area contributed by atoms with E-state index in [1.54, 1.807) is 41.5 Å². The first-order chi connectivity index (χ1) is 20.5. The van der Waals surface area contributed by atoms with Crippen LogP contribution >= 0.6 is 0 Å². The van der Waals surface area contributed by atoms with Crippen molar-refractivity contribution < 1.29 is 32.6 Å². The summed E-state index contributed by atoms with van der Waals surface area (Å²) in [5, 5.41) is 6.20. The fraction of sp³-hybridized carbons (Fsp3) is 0.438. The minimum atomic E-state index is -0.956. The molecule has 2 atom stereocenters. The number of halogens is 2. The Morgan fingerprint density at radius 3 is 2.36 bits per heavy atom. The van der Waals surface area contributed by atoms with Crippen LogP contribution in [-0.4, -0.2) is 46.9 Å². The molecule has 0 aliphatic carbocycles. The number of rotatable bonds is 13. The molecule has 12 heteroatoms. The van der Waals surface area contributed by atoms with E-state index in [4.69, 9.17) is 9.47 Å². The molecule has 0 radical (unpaired) electrons. The quantitative estimate of drug-likeness (QED) is 0.231. The summed E-state index contributed by atoms with van der Waals surface area (Å²) in [6.07, 6.45) is 2.81. The minimum Gasteiger partial charge on any atom is -0.487 e. The van der Waals surface area contributed by atoms with Crippen LogP contribution in [-0.2, 0) is 11.3 Å². The van der Waals surface area contributed by atoms with Gasteiger partial charge in [0, 0.05) is 30.4 Å². The Morgan fingerprint density at radius 1 is 1.16 bits per heavy atom. The number of nitrogens with one attached hydrogen (secondary N) is 2. The first-order valence-corrected chi connectivity index (χ1v) is 14.3. The van der Waals surface area contributed by atoms with Gasteiger partial charge in [-0.3, -0.25) is 14.4 Å². The van der Waals surface area contributed by atoms with Crippen LogP contribution in [0.4, 0.5) is 13.6 Å². The van der Waals surface area contributed by atoms with Gasteiger partial charge in [-0.1, -0.05) is 37.6 Å². The first kappa shape index (κ1) is 35.7. The van der Waals surface area contributed by atoms with Gasteiger partial charge in [-0.2, -0.15) is 0 Å². The molecule has 44 heavy (non-hydrogen) atoms. The second-order valence-electron chi connectivity index (χ2n) is 11.4. The van der Waals surface area contributed by atoms with Gasteiger partial charge in [0.25, 0.3) is 11.8 Å². The Balaban J connectivity index is 2.88. The predicted octanol–water partition coefficient (Wildman–Crippen LogP) is 5.38. The van der Waals surface area contributed by atoms with E-state index < -0.39 is 64.0 Å². The number of nitrogens with zero attached hydrogens (tertiary/aromatic N) is 2. The fourth-order valence-corrected chi connectivity index (χ4v) is 3.79. The minimum absolute atomic E-state index is 0.0252. The van der Waals surface area contributed by atoms with Gasteiger partial charge in [0.2, 0.25) is 5.43 Å². The zero-order chi connectivity index (χ0) is 33.4. The molecule has 0 saturated heterocycles. The molecule has 0 aliphatic rings. The highest BCUT2D eigenvalue weighted by molar-refractivity contribution is 5.99. The summed E-state index contributed by atoms with van der Waals surface area (Å²) < 4.78 is 40.2. The molecule has 1 unspecified atom stereocenters. The van der Waals surface area contributed by atoms with Crippen LogP contribution in [0.25, 0.3) is 0 Å². The van der Waals surface area contributed by atoms with Crippen molar-refractivity contribution in [1.29, 1.82) is 0 Å². The molecule has 1 aromatic heterocycles. The number of hydrogen-bond acceptors (Lipinski definition) is 6. The maximum absolute atomic E-state index is 14.3. The average molecular weight is 617 g/mol. The van der Waals surface area contributed by atoms with Gasteiger partial charge >= 0.3 is 6.09 Å². The predicted molar refractivity (Wildman–Crippen MR) is 164 cm³/mol. The molecule has 2 rings (SSSR count). The van der Waals surface area contributed by atoms with Gasteiger partial charge in [-0.05, 0) is 54.0 Å². The fourth-order valence-electron chi connectivity index (χ4n) is 3.79. The molecular formula is C32H42F2N4O6. The number of unbranched alkanes of at least 4 members (excludes halogenated alkanes) is 1. The lowest BCUT2D eigenvalue weighted by molar-refractivity contribution is 0.0523. The normalized spacial score (nSPS) is 12.5. The second-order valence-corrected chi connectivity index (χ2v) is 11.4. The second kappa shape index (κ2) is 15.3. The monoisotopic (exact) mass is 616 g/mol. The molecule has 1 heterocycles. The van der Waals surface area contributed by atoms with Crippen molar-refractivity contribution in [2.24, 2.45) is 0 Å². The smallest absolute Gasteiger partial charge is 0.430 e. The number of ether oxygens (including phenoxy) is 2. The summed E-state index contributed by atoms with van der Waals surface area (Å²) >= 11 is 0. The highest BCUT2D eigenvalue weighted by Gasteiger charge is 2.35. The number of benzene rings is 1. The van der Waals surface area contributed by atoms with E-state index in [0.29, 0.717) is 24.5 Å². The lowest BCUT2D eigenvalue weighted by Crippen LogP contribution is -2.52. The number of amides is 3. The van der Waals surface area contributed by atoms with Crippen LogP contribution in [0.3, 0.4) is 0 Å². The molecule has 0 aliphatic heterocycles. The van der Waals surface area contributed by atoms with Crippen molar-refractivity contribution in [1.82, 2.24) is 15.3 Å². The summed E-state index contributed by atoms with van der Waals surface area (Å²) in [7, 11) is 0. The molecule has 2 aromatic rings. The molecule has 0 saturated carbocycles. The van der Waals surface area contributed by atoms with E-state index in [0.717, 1.165) is 28.0 Å². The number of aromatic nitrogens is 1. The number of carbonyl (C=O) groups is 3. The summed E-state index contributed by atoms with van der Waals surface area (Å²) in [5.41, 5.74) is -2.29. The SMILES string of the molecule is C=C[C@H](C)NC(=O)c1c(OCCCC)c(=O)c(C(=O)NCc2ccc(F)cc2F)cn1N(C(=O)OC(C)(C)C)C(C)C(=C)C. The van der Waals surface area contributed by atoms with E-state index in [2.05, 4.69) is 23.8 Å². The van der Waals surface area contributed by atoms with Crippen molar-refractivity contribution in [2.75, 3.05) is 11.6 Å². The Labute approximate surface area is 256 Å². The van der Waals surface area contributed by atoms with E-state index in [1.165, 1.54) is 6.08 Å². The summed E-state index contributed by atoms with van der Waals surface area (Å²) in [4.78, 5) is 54.7. The maximum atomic E-state index is 14.3. The Kier molecular flexibility index (Phi) is 12.4. The summed E-state index contributed by atoms with van der Waals surface area (Å²) in [6, 6.07) is 1.52. The highest BCUT2D eigenvalue weighted by Crippen LogP contribution is 2.22. The number of carbonyl (C=O) groups excluding carboxylic acids is 3. The van der Waals surface area contributed by atoms with Crippen molar-refractivity contribution in [3.63, 3.8) is 0 Å². The van der Waals surface area contributed by atoms with E-state index in [-0.39, 0.29) is 24.4 Å². The molecule has 0 fully saturated rings. The number of hydrogen-bond donors (Lipinski definition) is 2. The van der Waals surface area contributed by atoms with Gasteiger partial charge in [0.1, 0.15) is 22.8 Å². The third-order valence-corrected chi connectivity index (χ3v) is 6.41. The van der Waals surface area contributed by atoms with Crippen molar-refractivity contribution >= 4 is 17.9 Å². The van der Waals surface area contributed by atoms with Gasteiger partial charge in [0.15, 0.2) is 11.4 Å². The van der Waals surface area contributed by atoms with Crippen molar-refractivity contribution in [3.8, 4) is 5.75 Å². The summed E-state index contributed by atoms with van der Waals surface area (Å²) in [5.74, 6) is -3.89. The van der Waals surface area contributed by atoms with Gasteiger partial charge in [0.05, 0.1) is 12.6 Å². The molecule has 3 amide bonds. The average Bonchev–Trinajstić information content (AvgIpc) is 2.92. The van der Waals surface area contributed by atoms with Crippen LogP contribution in [0, 0.1) is 11.6 Å². The van der Waals surface area contributed by atoms with Crippen LogP contribution < -0.4 is 25.8 Å². The zero-order valence-corrected chi connectivity index (χ0v) is 26.4. The molecule has 2 N–H and O–H groups in total. The van der Waals surface area contributed by atoms with E-state index in [9.17, 15) is 28.0 Å². The van der Waals surface area contributed by atoms with Crippen molar-refractivity contribution in [3.05, 3.63) is 87.9 Å². The van der Waals surface area contributed by atoms with Gasteiger partial charge < -0.3 is 20.1 Å². The zero-order valence-electron chi connectivity index (χ0n) is 26.4. The molecule has 1 aromatic carbocycles. The molecule has 10 nitrogen and oxygen atoms in total. The standard InChI is InChI=1S/C32H42F2N4O6/c1-10-12-15-43-28-26(30(41)36-20(5)11-2)37(38(21(6)19(3)4)31(42)44-32(7,8)9)18-24(27(28)39)29(40)35-17-22-13-14-23(33)16-25(22)34/h11,13-14,16,18,20-21H,2-3,10,12,15,17H2,1,4-9H3,(H,35,40)(H,36,41)/t20-,21?/m0/s1. The third-order valence-electron chi connectivity index (χ3n) is 6.41. The van der Waals surface area contributed by atoms with Gasteiger partial charge in [-0.15, -0.1) is 6.58 Å². The van der Waals surface area contributed by atoms with Crippen molar-refractivity contribution in [2.45, 2.75) is 85.5 Å². The van der Waals surface area contributed by atoms with Crippen LogP contribution in [0.5, 0.6) is 5.75 Å². The molecular weight excluding hydrogens is 574 g/mol. The lowest BCUT2D eigenvalue weighted by Gasteiger charge is -2.35. The van der Waals surface area contributed by atoms with Crippen LogP contribution in [0.15, 0.2) is 54.0 Å². The highest BCUT2D eigenvalue weighted by atomic mass is 19.1. The van der Waals surface area contributed by atoms with E-state index in [1.807, 2.05) is 6.92 Å². The maximum Gasteiger partial charge on any atom is 0.430 e. The van der Waals surface area contributed by atoms with Gasteiger partial charge in [-0.25, -0.2) is 23.3 Å². The molecule has 240 valence electrons. The third kappa shape index (κ3) is 9.26. The number of pyridine rings is 1. The Hall–Kier alpha value is -4.48. The molecule has 0 spiro atoms. The lowest BCUT2D eigenvalue weighted by atomic mass is 10.1. The topological polar surface area (TPSA) is 119 Å². The Morgan fingerprint density at radius 2 is 1.82 bits per heavy atom. The van der Waals surface area contributed by atoms with Crippen LogP contribution in [0.1, 0.15) is 87.7 Å². The Bertz CT molecular complexity index is 1460. The largest absolute Gasteiger partial charge is 0.487 e. The molecule has 0 bridgehead atoms. The first-order valence-electron chi connectivity index (χ1n) is 14.3. The van der Waals surface area contributed by atoms with E-state index >= 15 is 0 Å². The van der Waals surface area contributed by atoms with Crippen LogP contribution in [0.2, 0.25) is 0 Å².